The molecule has 0 spiro atoms. The van der Waals surface area contributed by atoms with Gasteiger partial charge in [-0.15, -0.1) is 0 Å². The maximum atomic E-state index is 12.9. The summed E-state index contributed by atoms with van der Waals surface area (Å²) >= 11 is 0. The van der Waals surface area contributed by atoms with E-state index in [4.69, 9.17) is 0 Å². The number of nitrogens with one attached hydrogen (secondary N) is 1. The molecule has 1 aromatic rings. The molecule has 2 aliphatic rings. The Labute approximate surface area is 163 Å². The van der Waals surface area contributed by atoms with E-state index < -0.39 is 16.1 Å². The van der Waals surface area contributed by atoms with Gasteiger partial charge in [-0.2, -0.15) is 4.31 Å². The van der Waals surface area contributed by atoms with Crippen molar-refractivity contribution in [2.24, 2.45) is 0 Å². The minimum absolute atomic E-state index is 0.168. The van der Waals surface area contributed by atoms with E-state index in [1.165, 1.54) is 23.6 Å². The van der Waals surface area contributed by atoms with E-state index in [-0.39, 0.29) is 10.8 Å². The Morgan fingerprint density at radius 1 is 1.11 bits per heavy atom. The van der Waals surface area contributed by atoms with Crippen LogP contribution in [-0.2, 0) is 14.8 Å². The number of carbonyl (C=O) groups is 1. The molecule has 0 aliphatic carbocycles. The van der Waals surface area contributed by atoms with E-state index in [0.29, 0.717) is 25.6 Å². The number of benzene rings is 1. The number of hydrogen-bond acceptors (Lipinski definition) is 4. The zero-order valence-electron chi connectivity index (χ0n) is 16.1. The van der Waals surface area contributed by atoms with Gasteiger partial charge in [-0.3, -0.25) is 4.79 Å². The average molecular weight is 394 g/mol. The Balaban J connectivity index is 1.51. The summed E-state index contributed by atoms with van der Waals surface area (Å²) in [6.07, 6.45) is 6.01. The van der Waals surface area contributed by atoms with Crippen molar-refractivity contribution in [2.75, 3.05) is 26.2 Å². The first-order valence-corrected chi connectivity index (χ1v) is 11.5. The summed E-state index contributed by atoms with van der Waals surface area (Å²) in [4.78, 5) is 15.4. The van der Waals surface area contributed by atoms with E-state index in [9.17, 15) is 13.2 Å². The van der Waals surface area contributed by atoms with Gasteiger partial charge >= 0.3 is 0 Å². The van der Waals surface area contributed by atoms with E-state index in [2.05, 4.69) is 17.1 Å². The van der Waals surface area contributed by atoms with Gasteiger partial charge in [0.25, 0.3) is 0 Å². The molecule has 1 N–H and O–H groups in total. The number of piperidine rings is 1. The van der Waals surface area contributed by atoms with Crippen LogP contribution >= 0.6 is 0 Å². The minimum Gasteiger partial charge on any atom is -0.355 e. The number of rotatable bonds is 7. The number of likely N-dealkylation sites (tertiary alicyclic amines) is 1. The highest BCUT2D eigenvalue weighted by Gasteiger charge is 2.39. The first-order chi connectivity index (χ1) is 13.0. The molecule has 0 saturated carbocycles. The smallest absolute Gasteiger partial charge is 0.243 e. The Bertz CT molecular complexity index is 723. The summed E-state index contributed by atoms with van der Waals surface area (Å²) in [5.41, 5.74) is 0. The van der Waals surface area contributed by atoms with Crippen LogP contribution in [0, 0.1) is 0 Å². The molecule has 1 aromatic carbocycles. The molecule has 2 saturated heterocycles. The van der Waals surface area contributed by atoms with E-state index >= 15 is 0 Å². The second-order valence-corrected chi connectivity index (χ2v) is 9.50. The summed E-state index contributed by atoms with van der Waals surface area (Å²) in [6, 6.07) is 8.40. The van der Waals surface area contributed by atoms with Crippen molar-refractivity contribution in [3.05, 3.63) is 30.3 Å². The van der Waals surface area contributed by atoms with E-state index in [1.54, 1.807) is 30.3 Å². The van der Waals surface area contributed by atoms with Crippen molar-refractivity contribution >= 4 is 15.9 Å². The van der Waals surface area contributed by atoms with Gasteiger partial charge < -0.3 is 10.2 Å². The predicted molar refractivity (Wildman–Crippen MR) is 106 cm³/mol. The highest BCUT2D eigenvalue weighted by atomic mass is 32.2. The lowest BCUT2D eigenvalue weighted by Crippen LogP contribution is -2.46. The van der Waals surface area contributed by atoms with Gasteiger partial charge in [0.05, 0.1) is 4.90 Å². The number of carbonyl (C=O) groups excluding carboxylic acids is 1. The lowest BCUT2D eigenvalue weighted by atomic mass is 10.0. The van der Waals surface area contributed by atoms with Gasteiger partial charge in [0.2, 0.25) is 15.9 Å². The molecule has 1 amide bonds. The van der Waals surface area contributed by atoms with Crippen molar-refractivity contribution in [3.8, 4) is 0 Å². The number of amides is 1. The Morgan fingerprint density at radius 3 is 2.63 bits per heavy atom. The van der Waals surface area contributed by atoms with Gasteiger partial charge in [0, 0.05) is 25.7 Å². The van der Waals surface area contributed by atoms with Crippen LogP contribution in [0.2, 0.25) is 0 Å². The number of hydrogen-bond donors (Lipinski definition) is 1. The van der Waals surface area contributed by atoms with E-state index in [0.717, 1.165) is 25.9 Å². The topological polar surface area (TPSA) is 69.7 Å². The van der Waals surface area contributed by atoms with Crippen LogP contribution in [0.15, 0.2) is 35.2 Å². The van der Waals surface area contributed by atoms with E-state index in [1.807, 2.05) is 0 Å². The molecular formula is C20H31N3O3S. The molecule has 6 nitrogen and oxygen atoms in total. The van der Waals surface area contributed by atoms with Crippen LogP contribution in [0.4, 0.5) is 0 Å². The molecule has 0 aromatic heterocycles. The van der Waals surface area contributed by atoms with Gasteiger partial charge in [-0.25, -0.2) is 8.42 Å². The summed E-state index contributed by atoms with van der Waals surface area (Å²) in [7, 11) is -3.62. The highest BCUT2D eigenvalue weighted by Crippen LogP contribution is 2.26. The average Bonchev–Trinajstić information content (AvgIpc) is 3.18. The fraction of sp³-hybridized carbons (Fsp3) is 0.650. The number of nitrogens with zero attached hydrogens (tertiary/aromatic N) is 2. The molecule has 2 heterocycles. The minimum atomic E-state index is -3.62. The van der Waals surface area contributed by atoms with Crippen LogP contribution in [0.5, 0.6) is 0 Å². The molecule has 2 unspecified atom stereocenters. The summed E-state index contributed by atoms with van der Waals surface area (Å²) < 4.78 is 27.1. The van der Waals surface area contributed by atoms with Gasteiger partial charge in [-0.1, -0.05) is 24.6 Å². The maximum Gasteiger partial charge on any atom is 0.243 e. The summed E-state index contributed by atoms with van der Waals surface area (Å²) in [6.45, 7) is 5.39. The second-order valence-electron chi connectivity index (χ2n) is 7.61. The first kappa shape index (κ1) is 20.3. The first-order valence-electron chi connectivity index (χ1n) is 10.1. The fourth-order valence-electron chi connectivity index (χ4n) is 4.12. The van der Waals surface area contributed by atoms with Crippen molar-refractivity contribution < 1.29 is 13.2 Å². The lowest BCUT2D eigenvalue weighted by Gasteiger charge is -2.33. The molecule has 7 heteroatoms. The molecule has 2 aliphatic heterocycles. The Kier molecular flexibility index (Phi) is 6.89. The van der Waals surface area contributed by atoms with Crippen LogP contribution in [0.1, 0.15) is 45.4 Å². The van der Waals surface area contributed by atoms with Crippen LogP contribution < -0.4 is 5.32 Å². The highest BCUT2D eigenvalue weighted by molar-refractivity contribution is 7.89. The van der Waals surface area contributed by atoms with Crippen LogP contribution in [0.25, 0.3) is 0 Å². The van der Waals surface area contributed by atoms with Gasteiger partial charge in [-0.05, 0) is 57.7 Å². The zero-order valence-corrected chi connectivity index (χ0v) is 17.0. The SMILES string of the molecule is CC1CCCCN1CCCNC(=O)C1CCCN1S(=O)(=O)c1ccccc1. The molecule has 27 heavy (non-hydrogen) atoms. The van der Waals surface area contributed by atoms with Crippen LogP contribution in [-0.4, -0.2) is 61.8 Å². The van der Waals surface area contributed by atoms with Crippen molar-refractivity contribution in [2.45, 2.75) is 62.4 Å². The predicted octanol–water partition coefficient (Wildman–Crippen LogP) is 2.22. The largest absolute Gasteiger partial charge is 0.355 e. The maximum absolute atomic E-state index is 12.9. The Hall–Kier alpha value is -1.44. The van der Waals surface area contributed by atoms with Crippen LogP contribution in [0.3, 0.4) is 0 Å². The van der Waals surface area contributed by atoms with Crippen molar-refractivity contribution in [1.29, 1.82) is 0 Å². The molecule has 3 rings (SSSR count). The van der Waals surface area contributed by atoms with Crippen molar-refractivity contribution in [3.63, 3.8) is 0 Å². The summed E-state index contributed by atoms with van der Waals surface area (Å²) in [5, 5.41) is 2.96. The molecule has 2 atom stereocenters. The summed E-state index contributed by atoms with van der Waals surface area (Å²) in [5.74, 6) is -0.168. The quantitative estimate of drug-likeness (QED) is 0.721. The third-order valence-corrected chi connectivity index (χ3v) is 7.64. The number of sulfonamides is 1. The van der Waals surface area contributed by atoms with Gasteiger partial charge in [0.15, 0.2) is 0 Å². The monoisotopic (exact) mass is 393 g/mol. The third-order valence-electron chi connectivity index (χ3n) is 5.72. The molecule has 150 valence electrons. The Morgan fingerprint density at radius 2 is 1.89 bits per heavy atom. The fourth-order valence-corrected chi connectivity index (χ4v) is 5.80. The van der Waals surface area contributed by atoms with Gasteiger partial charge in [0.1, 0.15) is 6.04 Å². The molecule has 2 fully saturated rings. The molecule has 0 bridgehead atoms. The second kappa shape index (κ2) is 9.17. The molecule has 0 radical (unpaired) electrons. The standard InChI is InChI=1S/C20H31N3O3S/c1-17-9-5-6-14-22(17)15-8-13-21-20(24)19-12-7-16-23(19)27(25,26)18-10-3-2-4-11-18/h2-4,10-11,17,19H,5-9,12-16H2,1H3,(H,21,24). The zero-order chi connectivity index (χ0) is 19.3. The normalized spacial score (nSPS) is 24.8. The lowest BCUT2D eigenvalue weighted by molar-refractivity contribution is -0.124. The van der Waals surface area contributed by atoms with Crippen molar-refractivity contribution in [1.82, 2.24) is 14.5 Å². The molecular weight excluding hydrogens is 362 g/mol. The third kappa shape index (κ3) is 4.89.